The highest BCUT2D eigenvalue weighted by molar-refractivity contribution is 5.79. The van der Waals surface area contributed by atoms with Crippen LogP contribution < -0.4 is 0 Å². The van der Waals surface area contributed by atoms with Crippen LogP contribution >= 0.6 is 0 Å². The Bertz CT molecular complexity index is 606. The van der Waals surface area contributed by atoms with Gasteiger partial charge in [0.15, 0.2) is 0 Å². The van der Waals surface area contributed by atoms with Crippen LogP contribution in [0.4, 0.5) is 13.2 Å². The third-order valence-corrected chi connectivity index (χ3v) is 4.77. The summed E-state index contributed by atoms with van der Waals surface area (Å²) in [5.74, 6) is -0.264. The number of amides is 1. The highest BCUT2D eigenvalue weighted by Gasteiger charge is 2.39. The summed E-state index contributed by atoms with van der Waals surface area (Å²) in [4.78, 5) is 16.5. The maximum Gasteiger partial charge on any atom is 0.416 e. The fraction of sp³-hybridized carbons (Fsp3) is 0.588. The fourth-order valence-corrected chi connectivity index (χ4v) is 3.56. The number of piperidine rings is 1. The number of hydrogen-bond donors (Lipinski definition) is 0. The van der Waals surface area contributed by atoms with Crippen molar-refractivity contribution in [3.63, 3.8) is 0 Å². The van der Waals surface area contributed by atoms with Gasteiger partial charge < -0.3 is 14.5 Å². The number of ether oxygens (including phenoxy) is 1. The number of carbonyl (C=O) groups is 1. The first-order chi connectivity index (χ1) is 11.4. The van der Waals surface area contributed by atoms with Crippen molar-refractivity contribution < 1.29 is 22.7 Å². The highest BCUT2D eigenvalue weighted by Crippen LogP contribution is 2.32. The van der Waals surface area contributed by atoms with Crippen LogP contribution in [0.5, 0.6) is 0 Å². The van der Waals surface area contributed by atoms with Crippen molar-refractivity contribution in [1.29, 1.82) is 0 Å². The molecule has 0 bridgehead atoms. The van der Waals surface area contributed by atoms with Crippen molar-refractivity contribution in [3.05, 3.63) is 35.4 Å². The molecule has 2 saturated heterocycles. The van der Waals surface area contributed by atoms with Crippen molar-refractivity contribution in [1.82, 2.24) is 9.80 Å². The van der Waals surface area contributed by atoms with Crippen LogP contribution in [-0.2, 0) is 22.1 Å². The fourth-order valence-electron chi connectivity index (χ4n) is 3.56. The van der Waals surface area contributed by atoms with E-state index in [2.05, 4.69) is 4.90 Å². The van der Waals surface area contributed by atoms with Gasteiger partial charge in [0.05, 0.1) is 30.7 Å². The number of likely N-dealkylation sites (N-methyl/N-ethyl adjacent to an activating group) is 1. The Kier molecular flexibility index (Phi) is 4.83. The summed E-state index contributed by atoms with van der Waals surface area (Å²) in [5, 5.41) is 0. The maximum atomic E-state index is 13.1. The number of carbonyl (C=O) groups excluding carboxylic acids is 1. The van der Waals surface area contributed by atoms with Crippen molar-refractivity contribution in [2.24, 2.45) is 0 Å². The van der Waals surface area contributed by atoms with Gasteiger partial charge in [0.2, 0.25) is 5.91 Å². The number of hydrogen-bond acceptors (Lipinski definition) is 3. The van der Waals surface area contributed by atoms with Crippen molar-refractivity contribution in [2.45, 2.75) is 31.2 Å². The molecule has 2 fully saturated rings. The molecule has 4 nitrogen and oxygen atoms in total. The topological polar surface area (TPSA) is 32.8 Å². The van der Waals surface area contributed by atoms with E-state index < -0.39 is 11.7 Å². The SMILES string of the molecule is CN1CCC2OCCN(C(=O)Cc3ccccc3C(F)(F)F)C2C1. The molecule has 0 aliphatic carbocycles. The minimum Gasteiger partial charge on any atom is -0.374 e. The number of morpholine rings is 1. The predicted octanol–water partition coefficient (Wildman–Crippen LogP) is 2.18. The molecule has 0 spiro atoms. The van der Waals surface area contributed by atoms with Gasteiger partial charge in [-0.25, -0.2) is 0 Å². The largest absolute Gasteiger partial charge is 0.416 e. The second kappa shape index (κ2) is 6.72. The monoisotopic (exact) mass is 342 g/mol. The van der Waals surface area contributed by atoms with Crippen molar-refractivity contribution >= 4 is 5.91 Å². The Hall–Kier alpha value is -1.60. The lowest BCUT2D eigenvalue weighted by Crippen LogP contribution is -2.61. The summed E-state index contributed by atoms with van der Waals surface area (Å²) >= 11 is 0. The number of likely N-dealkylation sites (tertiary alicyclic amines) is 1. The lowest BCUT2D eigenvalue weighted by molar-refractivity contribution is -0.151. The summed E-state index contributed by atoms with van der Waals surface area (Å²) in [7, 11) is 1.98. The van der Waals surface area contributed by atoms with Gasteiger partial charge in [0.1, 0.15) is 0 Å². The molecule has 3 rings (SSSR count). The quantitative estimate of drug-likeness (QED) is 0.826. The van der Waals surface area contributed by atoms with Gasteiger partial charge in [-0.3, -0.25) is 4.79 Å². The Morgan fingerprint density at radius 1 is 1.29 bits per heavy atom. The molecule has 0 N–H and O–H groups in total. The zero-order valence-electron chi connectivity index (χ0n) is 13.6. The van der Waals surface area contributed by atoms with E-state index in [1.807, 2.05) is 7.05 Å². The average Bonchev–Trinajstić information content (AvgIpc) is 2.53. The molecule has 1 aromatic carbocycles. The van der Waals surface area contributed by atoms with Crippen molar-refractivity contribution in [3.8, 4) is 0 Å². The normalized spacial score (nSPS) is 25.4. The number of nitrogens with zero attached hydrogens (tertiary/aromatic N) is 2. The minimum atomic E-state index is -4.45. The lowest BCUT2D eigenvalue weighted by Gasteiger charge is -2.46. The average molecular weight is 342 g/mol. The van der Waals surface area contributed by atoms with Gasteiger partial charge >= 0.3 is 6.18 Å². The first-order valence-corrected chi connectivity index (χ1v) is 8.11. The molecule has 2 atom stereocenters. The molecule has 0 saturated carbocycles. The standard InChI is InChI=1S/C17H21F3N2O2/c1-21-7-6-15-14(11-21)22(8-9-24-15)16(23)10-12-4-2-3-5-13(12)17(18,19)20/h2-5,14-15H,6-11H2,1H3. The van der Waals surface area contributed by atoms with E-state index in [0.29, 0.717) is 19.7 Å². The van der Waals surface area contributed by atoms with Crippen LogP contribution in [0.1, 0.15) is 17.5 Å². The van der Waals surface area contributed by atoms with Crippen LogP contribution in [0.25, 0.3) is 0 Å². The number of benzene rings is 1. The molecule has 2 heterocycles. The molecular weight excluding hydrogens is 321 g/mol. The van der Waals surface area contributed by atoms with Crippen molar-refractivity contribution in [2.75, 3.05) is 33.3 Å². The smallest absolute Gasteiger partial charge is 0.374 e. The third-order valence-electron chi connectivity index (χ3n) is 4.77. The van der Waals surface area contributed by atoms with Crippen LogP contribution in [0.2, 0.25) is 0 Å². The molecule has 1 aromatic rings. The molecule has 1 amide bonds. The molecule has 24 heavy (non-hydrogen) atoms. The van der Waals surface area contributed by atoms with E-state index in [0.717, 1.165) is 19.0 Å². The van der Waals surface area contributed by atoms with Gasteiger partial charge in [-0.05, 0) is 25.1 Å². The van der Waals surface area contributed by atoms with E-state index in [4.69, 9.17) is 4.74 Å². The van der Waals surface area contributed by atoms with Crippen LogP contribution in [0.3, 0.4) is 0 Å². The highest BCUT2D eigenvalue weighted by atomic mass is 19.4. The van der Waals surface area contributed by atoms with Crippen LogP contribution in [-0.4, -0.2) is 61.1 Å². The molecule has 7 heteroatoms. The number of fused-ring (bicyclic) bond motifs is 1. The summed E-state index contributed by atoms with van der Waals surface area (Å²) < 4.78 is 45.1. The minimum absolute atomic E-state index is 0.0169. The van der Waals surface area contributed by atoms with Gasteiger partial charge in [0, 0.05) is 19.6 Å². The Morgan fingerprint density at radius 2 is 2.04 bits per heavy atom. The van der Waals surface area contributed by atoms with Gasteiger partial charge in [-0.15, -0.1) is 0 Å². The van der Waals surface area contributed by atoms with E-state index >= 15 is 0 Å². The number of rotatable bonds is 2. The molecule has 0 radical (unpaired) electrons. The molecule has 0 aromatic heterocycles. The van der Waals surface area contributed by atoms with Gasteiger partial charge in [-0.2, -0.15) is 13.2 Å². The molecule has 2 aliphatic heterocycles. The molecule has 2 aliphatic rings. The Morgan fingerprint density at radius 3 is 2.79 bits per heavy atom. The Labute approximate surface area is 139 Å². The predicted molar refractivity (Wildman–Crippen MR) is 82.5 cm³/mol. The first kappa shape index (κ1) is 17.2. The van der Waals surface area contributed by atoms with Gasteiger partial charge in [0.25, 0.3) is 0 Å². The summed E-state index contributed by atoms with van der Waals surface area (Å²) in [6.07, 6.45) is -3.86. The van der Waals surface area contributed by atoms with E-state index in [9.17, 15) is 18.0 Å². The van der Waals surface area contributed by atoms with Crippen LogP contribution in [0, 0.1) is 0 Å². The lowest BCUT2D eigenvalue weighted by atomic mass is 9.97. The zero-order chi connectivity index (χ0) is 17.3. The molecular formula is C17H21F3N2O2. The number of alkyl halides is 3. The van der Waals surface area contributed by atoms with Gasteiger partial charge in [-0.1, -0.05) is 18.2 Å². The van der Waals surface area contributed by atoms with E-state index in [-0.39, 0.29) is 30.0 Å². The van der Waals surface area contributed by atoms with E-state index in [1.165, 1.54) is 18.2 Å². The van der Waals surface area contributed by atoms with Crippen LogP contribution in [0.15, 0.2) is 24.3 Å². The Balaban J connectivity index is 1.77. The molecule has 2 unspecified atom stereocenters. The second-order valence-electron chi connectivity index (χ2n) is 6.45. The third kappa shape index (κ3) is 3.57. The van der Waals surface area contributed by atoms with E-state index in [1.54, 1.807) is 4.90 Å². The first-order valence-electron chi connectivity index (χ1n) is 8.11. The zero-order valence-corrected chi connectivity index (χ0v) is 13.6. The second-order valence-corrected chi connectivity index (χ2v) is 6.45. The summed E-state index contributed by atoms with van der Waals surface area (Å²) in [6, 6.07) is 5.21. The molecule has 132 valence electrons. The number of halogens is 3. The maximum absolute atomic E-state index is 13.1. The summed E-state index contributed by atoms with van der Waals surface area (Å²) in [5.41, 5.74) is -0.703. The summed E-state index contributed by atoms with van der Waals surface area (Å²) in [6.45, 7) is 2.47.